The van der Waals surface area contributed by atoms with Crippen LogP contribution in [0.1, 0.15) is 25.1 Å². The molecule has 0 spiro atoms. The van der Waals surface area contributed by atoms with E-state index in [0.29, 0.717) is 17.4 Å². The zero-order chi connectivity index (χ0) is 14.1. The van der Waals surface area contributed by atoms with E-state index in [1.807, 2.05) is 6.92 Å². The minimum absolute atomic E-state index is 0.196. The third-order valence-electron chi connectivity index (χ3n) is 4.26. The second kappa shape index (κ2) is 5.84. The van der Waals surface area contributed by atoms with E-state index in [9.17, 15) is 5.11 Å². The van der Waals surface area contributed by atoms with Gasteiger partial charge < -0.3 is 10.0 Å². The highest BCUT2D eigenvalue weighted by Crippen LogP contribution is 2.28. The van der Waals surface area contributed by atoms with Gasteiger partial charge in [0.05, 0.1) is 18.3 Å². The van der Waals surface area contributed by atoms with Crippen LogP contribution in [0.5, 0.6) is 0 Å². The Balaban J connectivity index is 1.75. The molecular formula is C14H21ClN4O. The SMILES string of the molecule is Cc1ncc(Cl)c(N2C[C@H](O)[C@@H](N3CCCCC3)C2)n1. The largest absolute Gasteiger partial charge is 0.390 e. The molecule has 0 bridgehead atoms. The quantitative estimate of drug-likeness (QED) is 0.896. The molecule has 0 amide bonds. The molecule has 0 unspecified atom stereocenters. The van der Waals surface area contributed by atoms with Crippen LogP contribution < -0.4 is 4.90 Å². The number of nitrogens with zero attached hydrogens (tertiary/aromatic N) is 4. The van der Waals surface area contributed by atoms with Gasteiger partial charge in [-0.05, 0) is 32.9 Å². The van der Waals surface area contributed by atoms with E-state index in [-0.39, 0.29) is 12.1 Å². The average molecular weight is 297 g/mol. The number of aromatic nitrogens is 2. The molecule has 1 aromatic heterocycles. The number of aryl methyl sites for hydroxylation is 1. The van der Waals surface area contributed by atoms with Gasteiger partial charge in [-0.25, -0.2) is 9.97 Å². The highest BCUT2D eigenvalue weighted by molar-refractivity contribution is 6.32. The lowest BCUT2D eigenvalue weighted by atomic mass is 10.1. The van der Waals surface area contributed by atoms with Crippen LogP contribution in [0.2, 0.25) is 5.02 Å². The maximum absolute atomic E-state index is 10.4. The molecule has 0 aromatic carbocycles. The van der Waals surface area contributed by atoms with Gasteiger partial charge in [-0.3, -0.25) is 4.90 Å². The Bertz CT molecular complexity index is 478. The van der Waals surface area contributed by atoms with Crippen molar-refractivity contribution in [2.75, 3.05) is 31.1 Å². The summed E-state index contributed by atoms with van der Waals surface area (Å²) in [6, 6.07) is 0.196. The van der Waals surface area contributed by atoms with Crippen molar-refractivity contribution in [1.29, 1.82) is 0 Å². The first-order valence-corrected chi connectivity index (χ1v) is 7.69. The lowest BCUT2D eigenvalue weighted by molar-refractivity contribution is 0.0706. The highest BCUT2D eigenvalue weighted by atomic mass is 35.5. The van der Waals surface area contributed by atoms with Gasteiger partial charge in [-0.2, -0.15) is 0 Å². The third kappa shape index (κ3) is 2.75. The Kier molecular flexibility index (Phi) is 4.10. The molecule has 2 aliphatic rings. The topological polar surface area (TPSA) is 52.5 Å². The molecule has 2 fully saturated rings. The van der Waals surface area contributed by atoms with Crippen molar-refractivity contribution >= 4 is 17.4 Å². The first kappa shape index (κ1) is 14.0. The Hall–Kier alpha value is -0.910. The van der Waals surface area contributed by atoms with Crippen LogP contribution in [0, 0.1) is 6.92 Å². The summed E-state index contributed by atoms with van der Waals surface area (Å²) < 4.78 is 0. The van der Waals surface area contributed by atoms with Crippen molar-refractivity contribution in [3.8, 4) is 0 Å². The minimum Gasteiger partial charge on any atom is -0.390 e. The number of hydrogen-bond acceptors (Lipinski definition) is 5. The molecule has 2 saturated heterocycles. The van der Waals surface area contributed by atoms with Gasteiger partial charge in [-0.1, -0.05) is 18.0 Å². The first-order valence-electron chi connectivity index (χ1n) is 7.31. The molecule has 110 valence electrons. The van der Waals surface area contributed by atoms with Gasteiger partial charge >= 0.3 is 0 Å². The van der Waals surface area contributed by atoms with Crippen molar-refractivity contribution in [3.63, 3.8) is 0 Å². The van der Waals surface area contributed by atoms with Crippen LogP contribution in [0.3, 0.4) is 0 Å². The Morgan fingerprint density at radius 1 is 1.25 bits per heavy atom. The fourth-order valence-electron chi connectivity index (χ4n) is 3.22. The molecule has 3 rings (SSSR count). The zero-order valence-electron chi connectivity index (χ0n) is 11.8. The third-order valence-corrected chi connectivity index (χ3v) is 4.53. The van der Waals surface area contributed by atoms with Crippen LogP contribution >= 0.6 is 11.6 Å². The van der Waals surface area contributed by atoms with Crippen LogP contribution in [0.25, 0.3) is 0 Å². The van der Waals surface area contributed by atoms with Gasteiger partial charge in [-0.15, -0.1) is 0 Å². The summed E-state index contributed by atoms with van der Waals surface area (Å²) in [5, 5.41) is 10.9. The van der Waals surface area contributed by atoms with Crippen LogP contribution in [0.15, 0.2) is 6.20 Å². The highest BCUT2D eigenvalue weighted by Gasteiger charge is 2.37. The van der Waals surface area contributed by atoms with Gasteiger partial charge in [0, 0.05) is 13.1 Å². The number of halogens is 1. The molecule has 2 aliphatic heterocycles. The molecule has 1 aromatic rings. The van der Waals surface area contributed by atoms with Crippen molar-refractivity contribution in [2.45, 2.75) is 38.3 Å². The summed E-state index contributed by atoms with van der Waals surface area (Å²) in [6.45, 7) is 5.42. The number of likely N-dealkylation sites (tertiary alicyclic amines) is 1. The van der Waals surface area contributed by atoms with E-state index < -0.39 is 0 Å². The second-order valence-corrected chi connectivity index (χ2v) is 6.13. The van der Waals surface area contributed by atoms with Gasteiger partial charge in [0.25, 0.3) is 0 Å². The Labute approximate surface area is 124 Å². The van der Waals surface area contributed by atoms with E-state index >= 15 is 0 Å². The van der Waals surface area contributed by atoms with E-state index in [0.717, 1.165) is 25.5 Å². The molecule has 1 N–H and O–H groups in total. The number of anilines is 1. The molecule has 0 saturated carbocycles. The van der Waals surface area contributed by atoms with E-state index in [4.69, 9.17) is 11.6 Å². The standard InChI is InChI=1S/C14H21ClN4O/c1-10-16-7-11(15)14(17-10)19-8-12(13(20)9-19)18-5-3-2-4-6-18/h7,12-13,20H,2-6,8-9H2,1H3/t12-,13-/m0/s1. The number of β-amino-alcohol motifs (C(OH)–C–C–N with tert-alkyl or cyclic N) is 1. The number of aliphatic hydroxyl groups excluding tert-OH is 1. The van der Waals surface area contributed by atoms with Gasteiger partial charge in [0.1, 0.15) is 10.8 Å². The van der Waals surface area contributed by atoms with Crippen molar-refractivity contribution < 1.29 is 5.11 Å². The Morgan fingerprint density at radius 3 is 2.75 bits per heavy atom. The fraction of sp³-hybridized carbons (Fsp3) is 0.714. The number of piperidine rings is 1. The van der Waals surface area contributed by atoms with Gasteiger partial charge in [0.15, 0.2) is 5.82 Å². The summed E-state index contributed by atoms with van der Waals surface area (Å²) in [5.41, 5.74) is 0. The van der Waals surface area contributed by atoms with Crippen molar-refractivity contribution in [1.82, 2.24) is 14.9 Å². The van der Waals surface area contributed by atoms with Gasteiger partial charge in [0.2, 0.25) is 0 Å². The molecule has 0 radical (unpaired) electrons. The first-order chi connectivity index (χ1) is 9.65. The summed E-state index contributed by atoms with van der Waals surface area (Å²) in [7, 11) is 0. The summed E-state index contributed by atoms with van der Waals surface area (Å²) in [5.74, 6) is 1.46. The normalized spacial score (nSPS) is 28.1. The fourth-order valence-corrected chi connectivity index (χ4v) is 3.43. The number of aliphatic hydroxyl groups is 1. The van der Waals surface area contributed by atoms with Crippen LogP contribution in [-0.4, -0.2) is 58.3 Å². The molecule has 0 aliphatic carbocycles. The molecule has 3 heterocycles. The summed E-state index contributed by atoms with van der Waals surface area (Å²) in [4.78, 5) is 13.0. The molecule has 20 heavy (non-hydrogen) atoms. The predicted molar refractivity (Wildman–Crippen MR) is 79.2 cm³/mol. The molecule has 2 atom stereocenters. The average Bonchev–Trinajstić information content (AvgIpc) is 2.84. The lowest BCUT2D eigenvalue weighted by Crippen LogP contribution is -2.45. The van der Waals surface area contributed by atoms with Crippen molar-refractivity contribution in [3.05, 3.63) is 17.0 Å². The van der Waals surface area contributed by atoms with Crippen LogP contribution in [-0.2, 0) is 0 Å². The Morgan fingerprint density at radius 2 is 2.00 bits per heavy atom. The van der Waals surface area contributed by atoms with Crippen molar-refractivity contribution in [2.24, 2.45) is 0 Å². The second-order valence-electron chi connectivity index (χ2n) is 5.73. The number of rotatable bonds is 2. The minimum atomic E-state index is -0.334. The molecule has 5 nitrogen and oxygen atoms in total. The van der Waals surface area contributed by atoms with E-state index in [2.05, 4.69) is 19.8 Å². The van der Waals surface area contributed by atoms with E-state index in [1.165, 1.54) is 19.3 Å². The maximum atomic E-state index is 10.4. The zero-order valence-corrected chi connectivity index (χ0v) is 12.6. The number of hydrogen-bond donors (Lipinski definition) is 1. The molecular weight excluding hydrogens is 276 g/mol. The molecule has 6 heteroatoms. The van der Waals surface area contributed by atoms with E-state index in [1.54, 1.807) is 6.20 Å². The summed E-state index contributed by atoms with van der Waals surface area (Å²) >= 11 is 6.20. The van der Waals surface area contributed by atoms with Crippen LogP contribution in [0.4, 0.5) is 5.82 Å². The lowest BCUT2D eigenvalue weighted by Gasteiger charge is -2.33. The smallest absolute Gasteiger partial charge is 0.151 e. The summed E-state index contributed by atoms with van der Waals surface area (Å²) in [6.07, 6.45) is 5.08. The predicted octanol–water partition coefficient (Wildman–Crippen LogP) is 1.47. The monoisotopic (exact) mass is 296 g/mol. The maximum Gasteiger partial charge on any atom is 0.151 e.